The molecule has 3 aromatic rings. The Labute approximate surface area is 193 Å². The highest BCUT2D eigenvalue weighted by atomic mass is 16.3. The van der Waals surface area contributed by atoms with Crippen molar-refractivity contribution in [2.24, 2.45) is 0 Å². The standard InChI is InChI=1S/C28H27NO4/c1-28(2,3)21-14-12-20(13-15-21)25-24(23(30)16-11-19-8-5-4-6-9-19)26(31)27(32)29(25)18-22-10-7-17-33-22/h4-17,25,31H,18H2,1-3H3/b16-11+. The van der Waals surface area contributed by atoms with Gasteiger partial charge in [0.25, 0.3) is 5.91 Å². The molecule has 0 fully saturated rings. The van der Waals surface area contributed by atoms with Gasteiger partial charge in [-0.3, -0.25) is 9.59 Å². The predicted molar refractivity (Wildman–Crippen MR) is 127 cm³/mol. The number of nitrogens with zero attached hydrogens (tertiary/aromatic N) is 1. The maximum Gasteiger partial charge on any atom is 0.290 e. The minimum Gasteiger partial charge on any atom is -0.503 e. The summed E-state index contributed by atoms with van der Waals surface area (Å²) in [4.78, 5) is 27.7. The van der Waals surface area contributed by atoms with Crippen LogP contribution < -0.4 is 0 Å². The van der Waals surface area contributed by atoms with Gasteiger partial charge in [0.05, 0.1) is 24.4 Å². The van der Waals surface area contributed by atoms with E-state index in [1.807, 2.05) is 54.6 Å². The van der Waals surface area contributed by atoms with E-state index in [1.165, 1.54) is 17.2 Å². The monoisotopic (exact) mass is 441 g/mol. The zero-order chi connectivity index (χ0) is 23.6. The van der Waals surface area contributed by atoms with Gasteiger partial charge in [-0.25, -0.2) is 0 Å². The second-order valence-electron chi connectivity index (χ2n) is 9.16. The number of carbonyl (C=O) groups excluding carboxylic acids is 2. The number of amides is 1. The summed E-state index contributed by atoms with van der Waals surface area (Å²) < 4.78 is 5.44. The quantitative estimate of drug-likeness (QED) is 0.494. The summed E-state index contributed by atoms with van der Waals surface area (Å²) in [5.74, 6) is -0.945. The Bertz CT molecular complexity index is 1200. The van der Waals surface area contributed by atoms with E-state index in [0.29, 0.717) is 5.76 Å². The summed E-state index contributed by atoms with van der Waals surface area (Å²) in [5, 5.41) is 10.7. The van der Waals surface area contributed by atoms with Crippen LogP contribution in [0.1, 0.15) is 49.3 Å². The lowest BCUT2D eigenvalue weighted by Gasteiger charge is -2.27. The fourth-order valence-corrected chi connectivity index (χ4v) is 3.98. The number of hydrogen-bond acceptors (Lipinski definition) is 4. The molecule has 4 rings (SSSR count). The van der Waals surface area contributed by atoms with E-state index in [2.05, 4.69) is 20.8 Å². The van der Waals surface area contributed by atoms with E-state index in [1.54, 1.807) is 18.2 Å². The molecule has 1 amide bonds. The van der Waals surface area contributed by atoms with Gasteiger partial charge in [-0.1, -0.05) is 81.4 Å². The summed E-state index contributed by atoms with van der Waals surface area (Å²) in [6, 6.07) is 20.0. The Hall–Kier alpha value is -3.86. The summed E-state index contributed by atoms with van der Waals surface area (Å²) in [6.45, 7) is 6.51. The Balaban J connectivity index is 1.73. The molecule has 5 nitrogen and oxygen atoms in total. The molecule has 1 unspecified atom stereocenters. The maximum atomic E-state index is 13.2. The Morgan fingerprint density at radius 3 is 2.33 bits per heavy atom. The molecule has 1 atom stereocenters. The third-order valence-corrected chi connectivity index (χ3v) is 5.79. The molecular formula is C28H27NO4. The van der Waals surface area contributed by atoms with Gasteiger partial charge in [0.1, 0.15) is 5.76 Å². The van der Waals surface area contributed by atoms with E-state index >= 15 is 0 Å². The van der Waals surface area contributed by atoms with Gasteiger partial charge < -0.3 is 14.4 Å². The molecule has 1 aliphatic heterocycles. The molecule has 0 spiro atoms. The molecule has 0 radical (unpaired) electrons. The van der Waals surface area contributed by atoms with Gasteiger partial charge in [0, 0.05) is 0 Å². The van der Waals surface area contributed by atoms with Crippen LogP contribution in [0, 0.1) is 0 Å². The molecule has 0 bridgehead atoms. The Morgan fingerprint density at radius 2 is 1.73 bits per heavy atom. The van der Waals surface area contributed by atoms with Gasteiger partial charge in [0.15, 0.2) is 11.5 Å². The second-order valence-corrected chi connectivity index (χ2v) is 9.16. The number of allylic oxidation sites excluding steroid dienone is 1. The molecule has 5 heteroatoms. The van der Waals surface area contributed by atoms with Crippen LogP contribution >= 0.6 is 0 Å². The Kier molecular flexibility index (Phi) is 6.05. The molecule has 0 saturated heterocycles. The fraction of sp³-hybridized carbons (Fsp3) is 0.214. The van der Waals surface area contributed by atoms with E-state index in [9.17, 15) is 14.7 Å². The van der Waals surface area contributed by atoms with Crippen LogP contribution in [0.15, 0.2) is 94.8 Å². The molecule has 168 valence electrons. The lowest BCUT2D eigenvalue weighted by Crippen LogP contribution is -2.30. The number of furan rings is 1. The third-order valence-electron chi connectivity index (χ3n) is 5.79. The minimum atomic E-state index is -0.718. The zero-order valence-corrected chi connectivity index (χ0v) is 19.0. The summed E-state index contributed by atoms with van der Waals surface area (Å²) in [7, 11) is 0. The first-order valence-corrected chi connectivity index (χ1v) is 10.9. The lowest BCUT2D eigenvalue weighted by molar-refractivity contribution is -0.130. The van der Waals surface area contributed by atoms with Crippen LogP contribution in [0.3, 0.4) is 0 Å². The summed E-state index contributed by atoms with van der Waals surface area (Å²) in [6.07, 6.45) is 4.62. The average molecular weight is 442 g/mol. The van der Waals surface area contributed by atoms with Crippen LogP contribution in [-0.2, 0) is 21.5 Å². The van der Waals surface area contributed by atoms with Crippen molar-refractivity contribution in [3.8, 4) is 0 Å². The first-order valence-electron chi connectivity index (χ1n) is 10.9. The largest absolute Gasteiger partial charge is 0.503 e. The van der Waals surface area contributed by atoms with E-state index in [-0.39, 0.29) is 17.5 Å². The molecule has 1 aromatic heterocycles. The van der Waals surface area contributed by atoms with Gasteiger partial charge in [-0.05, 0) is 40.3 Å². The molecule has 1 N–H and O–H groups in total. The molecule has 0 saturated carbocycles. The third kappa shape index (κ3) is 4.67. The molecule has 1 aliphatic rings. The molecule has 2 heterocycles. The van der Waals surface area contributed by atoms with Crippen molar-refractivity contribution < 1.29 is 19.1 Å². The van der Waals surface area contributed by atoms with Crippen molar-refractivity contribution in [1.82, 2.24) is 4.90 Å². The number of aliphatic hydroxyl groups excluding tert-OH is 1. The van der Waals surface area contributed by atoms with Crippen molar-refractivity contribution in [2.75, 3.05) is 0 Å². The van der Waals surface area contributed by atoms with Crippen LogP contribution in [-0.4, -0.2) is 21.7 Å². The first-order chi connectivity index (χ1) is 15.8. The highest BCUT2D eigenvalue weighted by Crippen LogP contribution is 2.39. The minimum absolute atomic E-state index is 0.0348. The fourth-order valence-electron chi connectivity index (χ4n) is 3.98. The van der Waals surface area contributed by atoms with Crippen LogP contribution in [0.2, 0.25) is 0 Å². The lowest BCUT2D eigenvalue weighted by atomic mass is 9.85. The molecular weight excluding hydrogens is 414 g/mol. The van der Waals surface area contributed by atoms with Crippen molar-refractivity contribution in [3.05, 3.63) is 113 Å². The van der Waals surface area contributed by atoms with E-state index in [0.717, 1.165) is 16.7 Å². The molecule has 0 aliphatic carbocycles. The highest BCUT2D eigenvalue weighted by Gasteiger charge is 2.43. The number of aliphatic hydroxyl groups is 1. The number of ketones is 1. The highest BCUT2D eigenvalue weighted by molar-refractivity contribution is 6.14. The van der Waals surface area contributed by atoms with Crippen molar-refractivity contribution in [3.63, 3.8) is 0 Å². The number of hydrogen-bond donors (Lipinski definition) is 1. The SMILES string of the molecule is CC(C)(C)c1ccc(C2C(C(=O)/C=C/c3ccccc3)=C(O)C(=O)N2Cc2ccco2)cc1. The number of carbonyl (C=O) groups is 2. The van der Waals surface area contributed by atoms with Gasteiger partial charge >= 0.3 is 0 Å². The molecule has 2 aromatic carbocycles. The van der Waals surface area contributed by atoms with Crippen LogP contribution in [0.4, 0.5) is 0 Å². The van der Waals surface area contributed by atoms with Crippen molar-refractivity contribution >= 4 is 17.8 Å². The summed E-state index contributed by atoms with van der Waals surface area (Å²) >= 11 is 0. The van der Waals surface area contributed by atoms with E-state index < -0.39 is 23.5 Å². The van der Waals surface area contributed by atoms with Gasteiger partial charge in [0.2, 0.25) is 0 Å². The van der Waals surface area contributed by atoms with Crippen LogP contribution in [0.5, 0.6) is 0 Å². The van der Waals surface area contributed by atoms with Crippen molar-refractivity contribution in [1.29, 1.82) is 0 Å². The predicted octanol–water partition coefficient (Wildman–Crippen LogP) is 5.76. The van der Waals surface area contributed by atoms with Gasteiger partial charge in [-0.2, -0.15) is 0 Å². The Morgan fingerprint density at radius 1 is 1.03 bits per heavy atom. The number of rotatable bonds is 6. The zero-order valence-electron chi connectivity index (χ0n) is 19.0. The maximum absolute atomic E-state index is 13.2. The summed E-state index contributed by atoms with van der Waals surface area (Å²) in [5.41, 5.74) is 2.78. The average Bonchev–Trinajstić information content (AvgIpc) is 3.40. The first kappa shape index (κ1) is 22.3. The normalized spacial score (nSPS) is 16.8. The van der Waals surface area contributed by atoms with E-state index in [4.69, 9.17) is 4.42 Å². The second kappa shape index (κ2) is 8.94. The van der Waals surface area contributed by atoms with Crippen LogP contribution in [0.25, 0.3) is 6.08 Å². The van der Waals surface area contributed by atoms with Crippen molar-refractivity contribution in [2.45, 2.75) is 38.8 Å². The van der Waals surface area contributed by atoms with Gasteiger partial charge in [-0.15, -0.1) is 0 Å². The molecule has 33 heavy (non-hydrogen) atoms. The number of benzene rings is 2. The topological polar surface area (TPSA) is 70.8 Å². The smallest absolute Gasteiger partial charge is 0.290 e.